The zero-order valence-electron chi connectivity index (χ0n) is 29.8. The van der Waals surface area contributed by atoms with E-state index < -0.39 is 0 Å². The highest BCUT2D eigenvalue weighted by atomic mass is 32.1. The van der Waals surface area contributed by atoms with Crippen molar-refractivity contribution in [2.75, 3.05) is 0 Å². The maximum absolute atomic E-state index is 2.51. The van der Waals surface area contributed by atoms with Crippen LogP contribution in [0.25, 0.3) is 108 Å². The summed E-state index contributed by atoms with van der Waals surface area (Å²) in [6.07, 6.45) is 0. The summed E-state index contributed by atoms with van der Waals surface area (Å²) in [5.74, 6) is 0. The van der Waals surface area contributed by atoms with Gasteiger partial charge in [-0.2, -0.15) is 0 Å². The number of aromatic nitrogens is 2. The van der Waals surface area contributed by atoms with Crippen LogP contribution in [0.15, 0.2) is 194 Å². The summed E-state index contributed by atoms with van der Waals surface area (Å²) >= 11 is 1.89. The molecule has 0 amide bonds. The maximum Gasteiger partial charge on any atom is 0.0640 e. The average molecular weight is 717 g/mol. The van der Waals surface area contributed by atoms with E-state index in [0.29, 0.717) is 0 Å². The first-order chi connectivity index (χ1) is 27.3. The molecule has 55 heavy (non-hydrogen) atoms. The van der Waals surface area contributed by atoms with Crippen LogP contribution in [0.2, 0.25) is 0 Å². The number of thiophene rings is 1. The van der Waals surface area contributed by atoms with Gasteiger partial charge in [-0.1, -0.05) is 133 Å². The molecular formula is C52H32N2S. The van der Waals surface area contributed by atoms with Gasteiger partial charge in [0, 0.05) is 53.1 Å². The highest BCUT2D eigenvalue weighted by Crippen LogP contribution is 2.48. The van der Waals surface area contributed by atoms with Crippen molar-refractivity contribution in [3.8, 4) is 33.6 Å². The normalized spacial score (nSPS) is 12.0. The molecule has 0 saturated heterocycles. The fraction of sp³-hybridized carbons (Fsp3) is 0. The molecule has 256 valence electrons. The minimum atomic E-state index is 1.16. The van der Waals surface area contributed by atoms with Gasteiger partial charge in [0.1, 0.15) is 0 Å². The summed E-state index contributed by atoms with van der Waals surface area (Å²) in [7, 11) is 0. The Morgan fingerprint density at radius 2 is 0.945 bits per heavy atom. The smallest absolute Gasteiger partial charge is 0.0640 e. The van der Waals surface area contributed by atoms with Crippen LogP contribution >= 0.6 is 11.3 Å². The second-order valence-electron chi connectivity index (χ2n) is 14.5. The molecule has 3 heteroatoms. The maximum atomic E-state index is 2.51. The molecule has 0 atom stereocenters. The van der Waals surface area contributed by atoms with E-state index in [-0.39, 0.29) is 0 Å². The van der Waals surface area contributed by atoms with Crippen LogP contribution in [0.1, 0.15) is 0 Å². The Hall–Kier alpha value is -6.94. The molecule has 0 aliphatic carbocycles. The lowest BCUT2D eigenvalue weighted by Gasteiger charge is -2.12. The Morgan fingerprint density at radius 3 is 1.78 bits per heavy atom. The number of benzene rings is 9. The van der Waals surface area contributed by atoms with Crippen LogP contribution in [0.5, 0.6) is 0 Å². The lowest BCUT2D eigenvalue weighted by atomic mass is 9.96. The minimum Gasteiger partial charge on any atom is -0.309 e. The van der Waals surface area contributed by atoms with Gasteiger partial charge < -0.3 is 9.13 Å². The fourth-order valence-corrected chi connectivity index (χ4v) is 10.2. The number of para-hydroxylation sites is 2. The summed E-state index contributed by atoms with van der Waals surface area (Å²) in [6, 6.07) is 71.4. The molecule has 0 saturated carbocycles. The van der Waals surface area contributed by atoms with Crippen molar-refractivity contribution in [2.45, 2.75) is 0 Å². The van der Waals surface area contributed by atoms with E-state index in [1.807, 2.05) is 11.3 Å². The molecule has 12 rings (SSSR count). The lowest BCUT2D eigenvalue weighted by Crippen LogP contribution is -1.95. The molecule has 0 radical (unpaired) electrons. The highest BCUT2D eigenvalue weighted by Gasteiger charge is 2.23. The molecule has 0 bridgehead atoms. The van der Waals surface area contributed by atoms with E-state index in [9.17, 15) is 0 Å². The van der Waals surface area contributed by atoms with E-state index in [2.05, 4.69) is 203 Å². The van der Waals surface area contributed by atoms with E-state index >= 15 is 0 Å². The molecular weight excluding hydrogens is 685 g/mol. The van der Waals surface area contributed by atoms with Gasteiger partial charge in [-0.3, -0.25) is 0 Å². The molecule has 12 aromatic rings. The summed E-state index contributed by atoms with van der Waals surface area (Å²) in [5.41, 5.74) is 12.2. The van der Waals surface area contributed by atoms with Crippen LogP contribution in [-0.4, -0.2) is 9.13 Å². The van der Waals surface area contributed by atoms with E-state index in [0.717, 1.165) is 5.69 Å². The Kier molecular flexibility index (Phi) is 6.54. The summed E-state index contributed by atoms with van der Waals surface area (Å²) < 4.78 is 7.54. The molecule has 0 aliphatic rings. The van der Waals surface area contributed by atoms with Gasteiger partial charge in [-0.15, -0.1) is 11.3 Å². The van der Waals surface area contributed by atoms with Crippen molar-refractivity contribution in [1.82, 2.24) is 9.13 Å². The summed E-state index contributed by atoms with van der Waals surface area (Å²) in [6.45, 7) is 0. The quantitative estimate of drug-likeness (QED) is 0.172. The minimum absolute atomic E-state index is 1.16. The largest absolute Gasteiger partial charge is 0.309 e. The van der Waals surface area contributed by atoms with Crippen LogP contribution < -0.4 is 0 Å². The predicted molar refractivity (Wildman–Crippen MR) is 236 cm³/mol. The third kappa shape index (κ3) is 4.54. The fourth-order valence-electron chi connectivity index (χ4n) is 9.03. The van der Waals surface area contributed by atoms with E-state index in [1.54, 1.807) is 0 Å². The van der Waals surface area contributed by atoms with Gasteiger partial charge in [0.2, 0.25) is 0 Å². The third-order valence-electron chi connectivity index (χ3n) is 11.5. The number of nitrogens with zero attached hydrogens (tertiary/aromatic N) is 2. The topological polar surface area (TPSA) is 9.86 Å². The summed E-state index contributed by atoms with van der Waals surface area (Å²) in [4.78, 5) is 0. The van der Waals surface area contributed by atoms with Gasteiger partial charge in [-0.05, 0) is 93.7 Å². The molecule has 2 nitrogen and oxygen atoms in total. The Labute approximate surface area is 321 Å². The van der Waals surface area contributed by atoms with E-state index in [1.165, 1.54) is 102 Å². The van der Waals surface area contributed by atoms with Gasteiger partial charge >= 0.3 is 0 Å². The molecule has 0 aliphatic heterocycles. The average Bonchev–Trinajstić information content (AvgIpc) is 3.91. The molecule has 0 unspecified atom stereocenters. The first kappa shape index (κ1) is 30.5. The molecule has 0 fully saturated rings. The monoisotopic (exact) mass is 716 g/mol. The van der Waals surface area contributed by atoms with Crippen LogP contribution in [0.3, 0.4) is 0 Å². The zero-order valence-corrected chi connectivity index (χ0v) is 30.6. The van der Waals surface area contributed by atoms with E-state index in [4.69, 9.17) is 0 Å². The first-order valence-corrected chi connectivity index (χ1v) is 19.7. The molecule has 3 aromatic heterocycles. The molecule has 0 N–H and O–H groups in total. The molecule has 3 heterocycles. The first-order valence-electron chi connectivity index (χ1n) is 18.8. The summed E-state index contributed by atoms with van der Waals surface area (Å²) in [5, 5.41) is 10.2. The number of hydrogen-bond acceptors (Lipinski definition) is 1. The van der Waals surface area contributed by atoms with Crippen molar-refractivity contribution >= 4 is 85.9 Å². The van der Waals surface area contributed by atoms with Gasteiger partial charge in [0.15, 0.2) is 0 Å². The Morgan fingerprint density at radius 1 is 0.327 bits per heavy atom. The number of hydrogen-bond donors (Lipinski definition) is 0. The standard InChI is InChI=1S/C52H32N2S/c1-2-12-33(13-3-1)35-22-26-38(27-23-35)54-46-20-10-7-17-41(46)50-43(32-49-51(52(50)54)42-18-8-11-21-48(42)55-49)37-25-29-47-44(31-37)40-16-6-9-19-45(40)53(47)39-28-24-34-14-4-5-15-36(34)30-39/h1-32H. The lowest BCUT2D eigenvalue weighted by molar-refractivity contribution is 1.19. The number of fused-ring (bicyclic) bond motifs is 11. The van der Waals surface area contributed by atoms with Crippen molar-refractivity contribution in [3.05, 3.63) is 194 Å². The van der Waals surface area contributed by atoms with Crippen LogP contribution in [-0.2, 0) is 0 Å². The van der Waals surface area contributed by atoms with Crippen molar-refractivity contribution < 1.29 is 0 Å². The second-order valence-corrected chi connectivity index (χ2v) is 15.6. The Balaban J connectivity index is 1.15. The number of rotatable bonds is 4. The molecule has 9 aromatic carbocycles. The van der Waals surface area contributed by atoms with Crippen molar-refractivity contribution in [3.63, 3.8) is 0 Å². The molecule has 0 spiro atoms. The van der Waals surface area contributed by atoms with Gasteiger partial charge in [0.05, 0.1) is 22.1 Å². The van der Waals surface area contributed by atoms with Crippen molar-refractivity contribution in [2.24, 2.45) is 0 Å². The predicted octanol–water partition coefficient (Wildman–Crippen LogP) is 14.7. The van der Waals surface area contributed by atoms with Gasteiger partial charge in [0.25, 0.3) is 0 Å². The zero-order chi connectivity index (χ0) is 36.0. The van der Waals surface area contributed by atoms with Crippen molar-refractivity contribution in [1.29, 1.82) is 0 Å². The second kappa shape index (κ2) is 11.8. The SMILES string of the molecule is c1ccc(-c2ccc(-n3c4ccccc4c4c(-c5ccc6c(c5)c5ccccc5n6-c5ccc6ccccc6c5)cc5sc6ccccc6c5c43)cc2)cc1. The highest BCUT2D eigenvalue weighted by molar-refractivity contribution is 7.26. The Bertz CT molecular complexity index is 3470. The third-order valence-corrected chi connectivity index (χ3v) is 12.6. The van der Waals surface area contributed by atoms with Crippen LogP contribution in [0, 0.1) is 0 Å². The van der Waals surface area contributed by atoms with Crippen LogP contribution in [0.4, 0.5) is 0 Å². The van der Waals surface area contributed by atoms with Gasteiger partial charge in [-0.25, -0.2) is 0 Å².